The van der Waals surface area contributed by atoms with Crippen molar-refractivity contribution in [1.29, 1.82) is 0 Å². The first-order chi connectivity index (χ1) is 10.2. The molecule has 0 amide bonds. The number of nitrogens with one attached hydrogen (secondary N) is 1. The normalized spacial score (nSPS) is 11.0. The third-order valence-electron chi connectivity index (χ3n) is 3.79. The smallest absolute Gasteiger partial charge is 0.153 e. The Hall–Kier alpha value is -1.29. The number of rotatable bonds is 8. The Morgan fingerprint density at radius 3 is 2.57 bits per heavy atom. The third kappa shape index (κ3) is 4.34. The van der Waals surface area contributed by atoms with Crippen LogP contribution in [0.25, 0.3) is 11.1 Å². The Morgan fingerprint density at radius 2 is 1.81 bits per heavy atom. The Balaban J connectivity index is 2.00. The van der Waals surface area contributed by atoms with Crippen molar-refractivity contribution in [2.24, 2.45) is 0 Å². The summed E-state index contributed by atoms with van der Waals surface area (Å²) in [5.41, 5.74) is 9.36. The molecule has 0 spiro atoms. The molecule has 0 saturated carbocycles. The van der Waals surface area contributed by atoms with Crippen LogP contribution in [-0.2, 0) is 6.42 Å². The van der Waals surface area contributed by atoms with Gasteiger partial charge in [-0.15, -0.1) is 0 Å². The monoisotopic (exact) mass is 349 g/mol. The standard InChI is InChI=1S/C17H24BrN3/c1-2-3-4-5-6-7-12-15-16(17(19)21-20-15)13-10-8-9-11-14(13)18/h8-11H,2-7,12H2,1H3,(H3,19,20,21). The number of unbranched alkanes of at least 4 members (excludes halogenated alkanes) is 5. The third-order valence-corrected chi connectivity index (χ3v) is 4.48. The second-order valence-electron chi connectivity index (χ2n) is 5.46. The summed E-state index contributed by atoms with van der Waals surface area (Å²) in [6.45, 7) is 2.25. The highest BCUT2D eigenvalue weighted by molar-refractivity contribution is 9.10. The second-order valence-corrected chi connectivity index (χ2v) is 6.31. The molecule has 3 nitrogen and oxygen atoms in total. The maximum Gasteiger partial charge on any atom is 0.153 e. The SMILES string of the molecule is CCCCCCCCc1[nH]nc(N)c1-c1ccccc1Br. The summed E-state index contributed by atoms with van der Waals surface area (Å²) in [6.07, 6.45) is 8.77. The summed E-state index contributed by atoms with van der Waals surface area (Å²) in [6, 6.07) is 8.16. The molecule has 0 aliphatic carbocycles. The number of H-pyrrole nitrogens is 1. The minimum absolute atomic E-state index is 0.586. The van der Waals surface area contributed by atoms with E-state index in [1.807, 2.05) is 18.2 Å². The fourth-order valence-corrected chi connectivity index (χ4v) is 3.10. The highest BCUT2D eigenvalue weighted by Crippen LogP contribution is 2.34. The van der Waals surface area contributed by atoms with Crippen LogP contribution in [0.4, 0.5) is 5.82 Å². The van der Waals surface area contributed by atoms with Gasteiger partial charge in [-0.2, -0.15) is 5.10 Å². The average Bonchev–Trinajstić information content (AvgIpc) is 2.84. The molecule has 3 N–H and O–H groups in total. The molecule has 0 aliphatic rings. The van der Waals surface area contributed by atoms with Crippen LogP contribution in [0, 0.1) is 0 Å². The molecule has 0 saturated heterocycles. The zero-order valence-electron chi connectivity index (χ0n) is 12.7. The molecule has 1 aromatic carbocycles. The lowest BCUT2D eigenvalue weighted by Crippen LogP contribution is -1.93. The van der Waals surface area contributed by atoms with Gasteiger partial charge in [0, 0.05) is 21.3 Å². The van der Waals surface area contributed by atoms with E-state index in [4.69, 9.17) is 5.73 Å². The summed E-state index contributed by atoms with van der Waals surface area (Å²) in [4.78, 5) is 0. The van der Waals surface area contributed by atoms with E-state index < -0.39 is 0 Å². The summed E-state index contributed by atoms with van der Waals surface area (Å²) in [5, 5.41) is 7.30. The highest BCUT2D eigenvalue weighted by atomic mass is 79.9. The number of hydrogen-bond donors (Lipinski definition) is 2. The topological polar surface area (TPSA) is 54.7 Å². The summed E-state index contributed by atoms with van der Waals surface area (Å²) in [7, 11) is 0. The van der Waals surface area contributed by atoms with Crippen LogP contribution in [0.3, 0.4) is 0 Å². The van der Waals surface area contributed by atoms with Crippen LogP contribution in [0.1, 0.15) is 51.1 Å². The highest BCUT2D eigenvalue weighted by Gasteiger charge is 2.14. The number of aryl methyl sites for hydroxylation is 1. The van der Waals surface area contributed by atoms with Crippen LogP contribution >= 0.6 is 15.9 Å². The van der Waals surface area contributed by atoms with Crippen molar-refractivity contribution >= 4 is 21.7 Å². The van der Waals surface area contributed by atoms with Gasteiger partial charge in [0.25, 0.3) is 0 Å². The van der Waals surface area contributed by atoms with E-state index in [1.54, 1.807) is 0 Å². The van der Waals surface area contributed by atoms with Crippen molar-refractivity contribution in [1.82, 2.24) is 10.2 Å². The van der Waals surface area contributed by atoms with Crippen molar-refractivity contribution in [3.63, 3.8) is 0 Å². The first-order valence-electron chi connectivity index (χ1n) is 7.81. The number of anilines is 1. The van der Waals surface area contributed by atoms with Crippen LogP contribution in [-0.4, -0.2) is 10.2 Å². The van der Waals surface area contributed by atoms with E-state index in [0.29, 0.717) is 5.82 Å². The van der Waals surface area contributed by atoms with Gasteiger partial charge in [0.2, 0.25) is 0 Å². The van der Waals surface area contributed by atoms with E-state index in [9.17, 15) is 0 Å². The predicted molar refractivity (Wildman–Crippen MR) is 93.2 cm³/mol. The molecular formula is C17H24BrN3. The molecule has 2 aromatic rings. The molecule has 0 bridgehead atoms. The van der Waals surface area contributed by atoms with Crippen LogP contribution in [0.15, 0.2) is 28.7 Å². The van der Waals surface area contributed by atoms with Crippen molar-refractivity contribution in [2.75, 3.05) is 5.73 Å². The van der Waals surface area contributed by atoms with E-state index >= 15 is 0 Å². The Kier molecular flexibility index (Phi) is 6.30. The number of hydrogen-bond acceptors (Lipinski definition) is 2. The maximum absolute atomic E-state index is 6.05. The number of halogens is 1. The lowest BCUT2D eigenvalue weighted by atomic mass is 10.0. The summed E-state index contributed by atoms with van der Waals surface area (Å²) >= 11 is 3.60. The number of benzene rings is 1. The zero-order chi connectivity index (χ0) is 15.1. The number of nitrogens with zero attached hydrogens (tertiary/aromatic N) is 1. The Bertz CT molecular complexity index is 563. The minimum atomic E-state index is 0.586. The molecule has 0 atom stereocenters. The lowest BCUT2D eigenvalue weighted by Gasteiger charge is -2.07. The van der Waals surface area contributed by atoms with Gasteiger partial charge < -0.3 is 5.73 Å². The van der Waals surface area contributed by atoms with Gasteiger partial charge in [-0.3, -0.25) is 5.10 Å². The summed E-state index contributed by atoms with van der Waals surface area (Å²) in [5.74, 6) is 0.586. The molecule has 1 heterocycles. The first-order valence-corrected chi connectivity index (χ1v) is 8.61. The molecule has 0 aliphatic heterocycles. The van der Waals surface area contributed by atoms with Gasteiger partial charge in [-0.1, -0.05) is 73.2 Å². The number of nitrogen functional groups attached to an aromatic ring is 1. The maximum atomic E-state index is 6.05. The second kappa shape index (κ2) is 8.23. The molecule has 0 radical (unpaired) electrons. The Morgan fingerprint density at radius 1 is 1.10 bits per heavy atom. The molecule has 1 aromatic heterocycles. The van der Waals surface area contributed by atoms with Crippen molar-refractivity contribution in [2.45, 2.75) is 51.9 Å². The van der Waals surface area contributed by atoms with Gasteiger partial charge in [0.1, 0.15) is 0 Å². The van der Waals surface area contributed by atoms with Gasteiger partial charge in [-0.25, -0.2) is 0 Å². The fourth-order valence-electron chi connectivity index (χ4n) is 2.62. The largest absolute Gasteiger partial charge is 0.382 e. The van der Waals surface area contributed by atoms with Crippen molar-refractivity contribution in [3.05, 3.63) is 34.4 Å². The number of aromatic nitrogens is 2. The van der Waals surface area contributed by atoms with Gasteiger partial charge in [0.15, 0.2) is 5.82 Å². The minimum Gasteiger partial charge on any atom is -0.382 e. The van der Waals surface area contributed by atoms with Gasteiger partial charge in [0.05, 0.1) is 0 Å². The van der Waals surface area contributed by atoms with E-state index in [0.717, 1.165) is 27.7 Å². The molecule has 4 heteroatoms. The fraction of sp³-hybridized carbons (Fsp3) is 0.471. The van der Waals surface area contributed by atoms with Crippen molar-refractivity contribution in [3.8, 4) is 11.1 Å². The molecule has 0 unspecified atom stereocenters. The molecule has 114 valence electrons. The van der Waals surface area contributed by atoms with Gasteiger partial charge >= 0.3 is 0 Å². The molecule has 0 fully saturated rings. The van der Waals surface area contributed by atoms with E-state index in [-0.39, 0.29) is 0 Å². The van der Waals surface area contributed by atoms with Crippen LogP contribution < -0.4 is 5.73 Å². The van der Waals surface area contributed by atoms with Gasteiger partial charge in [-0.05, 0) is 18.9 Å². The number of nitrogens with two attached hydrogens (primary N) is 1. The molecular weight excluding hydrogens is 326 g/mol. The van der Waals surface area contributed by atoms with Crippen LogP contribution in [0.5, 0.6) is 0 Å². The molecule has 21 heavy (non-hydrogen) atoms. The van der Waals surface area contributed by atoms with Crippen LogP contribution in [0.2, 0.25) is 0 Å². The number of aromatic amines is 1. The zero-order valence-corrected chi connectivity index (χ0v) is 14.2. The lowest BCUT2D eigenvalue weighted by molar-refractivity contribution is 0.604. The summed E-state index contributed by atoms with van der Waals surface area (Å²) < 4.78 is 1.06. The van der Waals surface area contributed by atoms with E-state index in [1.165, 1.54) is 38.5 Å². The quantitative estimate of drug-likeness (QED) is 0.633. The average molecular weight is 350 g/mol. The Labute approximate surface area is 135 Å². The molecule has 2 rings (SSSR count). The van der Waals surface area contributed by atoms with Crippen molar-refractivity contribution < 1.29 is 0 Å². The van der Waals surface area contributed by atoms with E-state index in [2.05, 4.69) is 39.1 Å². The first kappa shape index (κ1) is 16.1. The predicted octanol–water partition coefficient (Wildman–Crippen LogP) is 5.32.